The van der Waals surface area contributed by atoms with Gasteiger partial charge in [-0.1, -0.05) is 103 Å². The average molecular weight is 402 g/mol. The van der Waals surface area contributed by atoms with Gasteiger partial charge in [0.15, 0.2) is 0 Å². The van der Waals surface area contributed by atoms with Crippen molar-refractivity contribution in [2.24, 2.45) is 0 Å². The number of hydrogen-bond donors (Lipinski definition) is 2. The van der Waals surface area contributed by atoms with Gasteiger partial charge < -0.3 is 19.9 Å². The highest BCUT2D eigenvalue weighted by atomic mass is 16.6. The molecule has 0 saturated carbocycles. The van der Waals surface area contributed by atoms with E-state index >= 15 is 0 Å². The summed E-state index contributed by atoms with van der Waals surface area (Å²) in [5, 5.41) is 11.7. The molecule has 28 heavy (non-hydrogen) atoms. The maximum absolute atomic E-state index is 11.5. The first kappa shape index (κ1) is 27.2. The molecule has 2 N–H and O–H groups in total. The highest BCUT2D eigenvalue weighted by Gasteiger charge is 2.09. The van der Waals surface area contributed by atoms with Gasteiger partial charge in [-0.25, -0.2) is 4.79 Å². The number of ether oxygens (including phenoxy) is 2. The molecular formula is C23H47NO4. The number of amides is 1. The molecule has 0 aromatic carbocycles. The van der Waals surface area contributed by atoms with E-state index in [1.54, 1.807) is 0 Å². The predicted molar refractivity (Wildman–Crippen MR) is 117 cm³/mol. The normalized spacial score (nSPS) is 12.1. The maximum atomic E-state index is 11.5. The first-order chi connectivity index (χ1) is 13.7. The summed E-state index contributed by atoms with van der Waals surface area (Å²) in [4.78, 5) is 11.5. The zero-order valence-electron chi connectivity index (χ0n) is 18.7. The van der Waals surface area contributed by atoms with Crippen LogP contribution in [0.25, 0.3) is 0 Å². The van der Waals surface area contributed by atoms with Gasteiger partial charge in [0.25, 0.3) is 0 Å². The van der Waals surface area contributed by atoms with Crippen LogP contribution in [0.4, 0.5) is 4.79 Å². The second-order valence-corrected chi connectivity index (χ2v) is 7.87. The van der Waals surface area contributed by atoms with E-state index in [1.165, 1.54) is 97.0 Å². The second kappa shape index (κ2) is 22.5. The molecule has 5 nitrogen and oxygen atoms in total. The molecule has 0 rings (SSSR count). The molecule has 0 fully saturated rings. The van der Waals surface area contributed by atoms with Crippen molar-refractivity contribution in [1.29, 1.82) is 0 Å². The van der Waals surface area contributed by atoms with E-state index in [0.29, 0.717) is 6.54 Å². The molecule has 0 aliphatic rings. The largest absolute Gasteiger partial charge is 0.447 e. The van der Waals surface area contributed by atoms with Crippen molar-refractivity contribution in [1.82, 2.24) is 5.32 Å². The topological polar surface area (TPSA) is 67.8 Å². The van der Waals surface area contributed by atoms with Crippen molar-refractivity contribution in [3.8, 4) is 0 Å². The molecule has 0 aliphatic carbocycles. The SMILES string of the molecule is CCCCCCCCCCCCCCCCCCNC(=O)OC[C@H](CO)OC. The molecule has 0 heterocycles. The van der Waals surface area contributed by atoms with E-state index in [2.05, 4.69) is 12.2 Å². The van der Waals surface area contributed by atoms with Crippen molar-refractivity contribution in [3.63, 3.8) is 0 Å². The van der Waals surface area contributed by atoms with Crippen molar-refractivity contribution in [2.45, 2.75) is 116 Å². The summed E-state index contributed by atoms with van der Waals surface area (Å²) in [6.45, 7) is 2.85. The summed E-state index contributed by atoms with van der Waals surface area (Å²) in [5.74, 6) is 0. The van der Waals surface area contributed by atoms with E-state index in [0.717, 1.165) is 12.8 Å². The number of nitrogens with one attached hydrogen (secondary N) is 1. The van der Waals surface area contributed by atoms with Gasteiger partial charge in [0.05, 0.1) is 6.61 Å². The van der Waals surface area contributed by atoms with Gasteiger partial charge >= 0.3 is 6.09 Å². The van der Waals surface area contributed by atoms with Gasteiger partial charge in [-0.15, -0.1) is 0 Å². The van der Waals surface area contributed by atoms with Crippen LogP contribution in [0.2, 0.25) is 0 Å². The molecule has 0 saturated heterocycles. The second-order valence-electron chi connectivity index (χ2n) is 7.87. The lowest BCUT2D eigenvalue weighted by Crippen LogP contribution is -2.30. The van der Waals surface area contributed by atoms with Crippen LogP contribution in [0.15, 0.2) is 0 Å². The first-order valence-corrected chi connectivity index (χ1v) is 11.8. The Morgan fingerprint density at radius 1 is 0.786 bits per heavy atom. The standard InChI is InChI=1S/C23H47NO4/c1-3-4-5-6-7-8-9-10-11-12-13-14-15-16-17-18-19-24-23(26)28-21-22(20-25)27-2/h22,25H,3-21H2,1-2H3,(H,24,26)/t22-/m0/s1. The smallest absolute Gasteiger partial charge is 0.407 e. The Hall–Kier alpha value is -0.810. The van der Waals surface area contributed by atoms with Crippen LogP contribution in [0.3, 0.4) is 0 Å². The highest BCUT2D eigenvalue weighted by Crippen LogP contribution is 2.13. The minimum atomic E-state index is -0.443. The Morgan fingerprint density at radius 3 is 1.61 bits per heavy atom. The van der Waals surface area contributed by atoms with Crippen LogP contribution in [-0.4, -0.2) is 44.2 Å². The number of aliphatic hydroxyl groups excluding tert-OH is 1. The van der Waals surface area contributed by atoms with E-state index in [4.69, 9.17) is 14.6 Å². The number of methoxy groups -OCH3 is 1. The number of carbonyl (C=O) groups is 1. The fraction of sp³-hybridized carbons (Fsp3) is 0.957. The molecule has 0 spiro atoms. The third-order valence-corrected chi connectivity index (χ3v) is 5.24. The number of carbonyl (C=O) groups excluding carboxylic acids is 1. The summed E-state index contributed by atoms with van der Waals surface area (Å²) in [6, 6.07) is 0. The van der Waals surface area contributed by atoms with Crippen molar-refractivity contribution in [3.05, 3.63) is 0 Å². The van der Waals surface area contributed by atoms with Crippen LogP contribution in [-0.2, 0) is 9.47 Å². The van der Waals surface area contributed by atoms with Crippen molar-refractivity contribution in [2.75, 3.05) is 26.9 Å². The molecule has 0 aromatic heterocycles. The highest BCUT2D eigenvalue weighted by molar-refractivity contribution is 5.67. The molecule has 1 atom stereocenters. The minimum Gasteiger partial charge on any atom is -0.447 e. The summed E-state index contributed by atoms with van der Waals surface area (Å²) < 4.78 is 9.91. The Balaban J connectivity index is 3.16. The molecular weight excluding hydrogens is 354 g/mol. The third-order valence-electron chi connectivity index (χ3n) is 5.24. The lowest BCUT2D eigenvalue weighted by atomic mass is 10.0. The van der Waals surface area contributed by atoms with Gasteiger partial charge in [0.1, 0.15) is 12.7 Å². The van der Waals surface area contributed by atoms with Crippen LogP contribution >= 0.6 is 0 Å². The Morgan fingerprint density at radius 2 is 1.21 bits per heavy atom. The van der Waals surface area contributed by atoms with Gasteiger partial charge in [0, 0.05) is 13.7 Å². The lowest BCUT2D eigenvalue weighted by molar-refractivity contribution is 0.00177. The summed E-state index contributed by atoms with van der Waals surface area (Å²) >= 11 is 0. The number of rotatable bonds is 21. The van der Waals surface area contributed by atoms with Crippen molar-refractivity contribution >= 4 is 6.09 Å². The van der Waals surface area contributed by atoms with E-state index in [1.807, 2.05) is 0 Å². The van der Waals surface area contributed by atoms with Crippen LogP contribution in [0.5, 0.6) is 0 Å². The molecule has 168 valence electrons. The van der Waals surface area contributed by atoms with Crippen LogP contribution in [0.1, 0.15) is 110 Å². The van der Waals surface area contributed by atoms with Gasteiger partial charge in [0.2, 0.25) is 0 Å². The van der Waals surface area contributed by atoms with Crippen LogP contribution < -0.4 is 5.32 Å². The minimum absolute atomic E-state index is 0.0811. The number of alkyl carbamates (subject to hydrolysis) is 1. The molecule has 0 aliphatic heterocycles. The fourth-order valence-electron chi connectivity index (χ4n) is 3.28. The fourth-order valence-corrected chi connectivity index (χ4v) is 3.28. The van der Waals surface area contributed by atoms with Crippen molar-refractivity contribution < 1.29 is 19.4 Å². The Labute approximate surface area is 174 Å². The summed E-state index contributed by atoms with van der Waals surface area (Å²) in [5.41, 5.74) is 0. The molecule has 0 radical (unpaired) electrons. The summed E-state index contributed by atoms with van der Waals surface area (Å²) in [7, 11) is 1.48. The lowest BCUT2D eigenvalue weighted by Gasteiger charge is -2.12. The Kier molecular flexibility index (Phi) is 21.8. The zero-order chi connectivity index (χ0) is 20.7. The monoisotopic (exact) mass is 401 g/mol. The number of hydrogen-bond acceptors (Lipinski definition) is 4. The third kappa shape index (κ3) is 19.9. The zero-order valence-corrected chi connectivity index (χ0v) is 18.7. The van der Waals surface area contributed by atoms with E-state index in [-0.39, 0.29) is 13.2 Å². The molecule has 0 unspecified atom stereocenters. The van der Waals surface area contributed by atoms with Gasteiger partial charge in [-0.05, 0) is 6.42 Å². The Bertz CT molecular complexity index is 322. The predicted octanol–water partition coefficient (Wildman–Crippen LogP) is 5.98. The number of unbranched alkanes of at least 4 members (excludes halogenated alkanes) is 15. The van der Waals surface area contributed by atoms with E-state index < -0.39 is 12.2 Å². The average Bonchev–Trinajstić information content (AvgIpc) is 2.71. The molecule has 0 bridgehead atoms. The molecule has 5 heteroatoms. The van der Waals surface area contributed by atoms with Gasteiger partial charge in [-0.2, -0.15) is 0 Å². The summed E-state index contributed by atoms with van der Waals surface area (Å²) in [6.07, 6.45) is 20.6. The van der Waals surface area contributed by atoms with E-state index in [9.17, 15) is 4.79 Å². The molecule has 0 aromatic rings. The molecule has 1 amide bonds. The van der Waals surface area contributed by atoms with Crippen LogP contribution in [0, 0.1) is 0 Å². The quantitative estimate of drug-likeness (QED) is 0.232. The first-order valence-electron chi connectivity index (χ1n) is 11.8. The van der Waals surface area contributed by atoms with Gasteiger partial charge in [-0.3, -0.25) is 0 Å². The maximum Gasteiger partial charge on any atom is 0.407 e. The number of aliphatic hydroxyl groups is 1.